The van der Waals surface area contributed by atoms with Crippen molar-refractivity contribution in [3.63, 3.8) is 0 Å². The van der Waals surface area contributed by atoms with Crippen molar-refractivity contribution in [3.05, 3.63) is 29.8 Å². The number of rotatable bonds is 3. The van der Waals surface area contributed by atoms with Gasteiger partial charge in [0.1, 0.15) is 0 Å². The van der Waals surface area contributed by atoms with Crippen LogP contribution in [0.4, 0.5) is 5.69 Å². The fourth-order valence-corrected chi connectivity index (χ4v) is 4.50. The number of hydrogen-bond donors (Lipinski definition) is 1. The first-order chi connectivity index (χ1) is 11.4. The molecule has 2 heterocycles. The molecule has 0 aromatic heterocycles. The van der Waals surface area contributed by atoms with Crippen LogP contribution in [0, 0.1) is 0 Å². The molecule has 2 aliphatic rings. The Labute approximate surface area is 139 Å². The first-order valence-corrected chi connectivity index (χ1v) is 9.23. The van der Waals surface area contributed by atoms with Crippen molar-refractivity contribution < 1.29 is 27.9 Å². The van der Waals surface area contributed by atoms with Crippen LogP contribution in [-0.2, 0) is 19.6 Å². The van der Waals surface area contributed by atoms with E-state index in [1.807, 2.05) is 0 Å². The zero-order valence-corrected chi connectivity index (χ0v) is 13.7. The molecule has 130 valence electrons. The van der Waals surface area contributed by atoms with Crippen LogP contribution in [0.1, 0.15) is 16.8 Å². The Balaban J connectivity index is 1.88. The molecule has 2 saturated heterocycles. The fraction of sp³-hybridized carbons (Fsp3) is 0.467. The van der Waals surface area contributed by atoms with Crippen LogP contribution < -0.4 is 4.31 Å². The Hall–Kier alpha value is -2.13. The summed E-state index contributed by atoms with van der Waals surface area (Å²) in [5.41, 5.74) is 0.696. The molecular formula is C15H18N2O6S. The van der Waals surface area contributed by atoms with Crippen LogP contribution in [0.2, 0.25) is 0 Å². The van der Waals surface area contributed by atoms with Gasteiger partial charge in [0.25, 0.3) is 5.91 Å². The molecule has 24 heavy (non-hydrogen) atoms. The molecule has 2 aliphatic heterocycles. The smallest absolute Gasteiger partial charge is 0.328 e. The molecule has 2 fully saturated rings. The maximum Gasteiger partial charge on any atom is 0.328 e. The summed E-state index contributed by atoms with van der Waals surface area (Å²) in [5.74, 6) is -1.47. The number of carboxylic acid groups (broad SMARTS) is 1. The van der Waals surface area contributed by atoms with Crippen molar-refractivity contribution >= 4 is 27.6 Å². The highest BCUT2D eigenvalue weighted by Crippen LogP contribution is 2.25. The standard InChI is InChI=1S/C15H18N2O6S/c18-14(16-6-7-23-10-13(16)15(19)20)11-3-1-4-12(9-11)17-5-2-8-24(17,21)22/h1,3-4,9,13H,2,5-8,10H2,(H,19,20). The molecule has 1 N–H and O–H groups in total. The van der Waals surface area contributed by atoms with E-state index >= 15 is 0 Å². The number of morpholine rings is 1. The predicted octanol–water partition coefficient (Wildman–Crippen LogP) is 0.152. The van der Waals surface area contributed by atoms with Gasteiger partial charge in [0.15, 0.2) is 6.04 Å². The Bertz CT molecular complexity index is 763. The van der Waals surface area contributed by atoms with E-state index in [1.54, 1.807) is 18.2 Å². The summed E-state index contributed by atoms with van der Waals surface area (Å²) in [5, 5.41) is 9.24. The van der Waals surface area contributed by atoms with E-state index in [0.717, 1.165) is 0 Å². The molecule has 8 nitrogen and oxygen atoms in total. The van der Waals surface area contributed by atoms with Gasteiger partial charge in [0.05, 0.1) is 24.7 Å². The van der Waals surface area contributed by atoms with E-state index in [2.05, 4.69) is 0 Å². The summed E-state index contributed by atoms with van der Waals surface area (Å²) < 4.78 is 30.5. The second-order valence-corrected chi connectivity index (χ2v) is 7.73. The quantitative estimate of drug-likeness (QED) is 0.829. The number of benzene rings is 1. The Kier molecular flexibility index (Phi) is 4.46. The number of ether oxygens (including phenoxy) is 1. The first kappa shape index (κ1) is 16.7. The normalized spacial score (nSPS) is 23.2. The number of carbonyl (C=O) groups excluding carboxylic acids is 1. The third kappa shape index (κ3) is 3.09. The topological polar surface area (TPSA) is 104 Å². The van der Waals surface area contributed by atoms with Crippen molar-refractivity contribution in [2.75, 3.05) is 36.4 Å². The van der Waals surface area contributed by atoms with Crippen LogP contribution in [-0.4, -0.2) is 68.4 Å². The average molecular weight is 354 g/mol. The summed E-state index contributed by atoms with van der Waals surface area (Å²) >= 11 is 0. The maximum absolute atomic E-state index is 12.7. The van der Waals surface area contributed by atoms with Crippen LogP contribution in [0.3, 0.4) is 0 Å². The van der Waals surface area contributed by atoms with Gasteiger partial charge in [-0.1, -0.05) is 6.07 Å². The van der Waals surface area contributed by atoms with E-state index in [9.17, 15) is 23.1 Å². The highest BCUT2D eigenvalue weighted by Gasteiger charge is 2.34. The van der Waals surface area contributed by atoms with Gasteiger partial charge in [0.2, 0.25) is 10.0 Å². The van der Waals surface area contributed by atoms with Crippen molar-refractivity contribution in [1.29, 1.82) is 0 Å². The molecule has 0 spiro atoms. The summed E-state index contributed by atoms with van der Waals surface area (Å²) in [7, 11) is -3.34. The Morgan fingerprint density at radius 2 is 2.04 bits per heavy atom. The molecule has 0 aliphatic carbocycles. The lowest BCUT2D eigenvalue weighted by Crippen LogP contribution is -2.52. The number of carbonyl (C=O) groups is 2. The minimum atomic E-state index is -3.34. The van der Waals surface area contributed by atoms with E-state index in [-0.39, 0.29) is 31.1 Å². The third-order valence-corrected chi connectivity index (χ3v) is 6.02. The minimum Gasteiger partial charge on any atom is -0.480 e. The van der Waals surface area contributed by atoms with Gasteiger partial charge < -0.3 is 14.7 Å². The molecule has 3 rings (SSSR count). The Morgan fingerprint density at radius 1 is 1.25 bits per heavy atom. The van der Waals surface area contributed by atoms with Gasteiger partial charge in [-0.3, -0.25) is 9.10 Å². The van der Waals surface area contributed by atoms with Crippen LogP contribution in [0.25, 0.3) is 0 Å². The number of sulfonamides is 1. The van der Waals surface area contributed by atoms with E-state index in [4.69, 9.17) is 4.74 Å². The van der Waals surface area contributed by atoms with Crippen molar-refractivity contribution in [2.45, 2.75) is 12.5 Å². The lowest BCUT2D eigenvalue weighted by atomic mass is 10.1. The minimum absolute atomic E-state index is 0.0543. The summed E-state index contributed by atoms with van der Waals surface area (Å²) in [6.07, 6.45) is 0.547. The summed E-state index contributed by atoms with van der Waals surface area (Å²) in [6, 6.07) is 5.26. The van der Waals surface area contributed by atoms with Gasteiger partial charge in [-0.2, -0.15) is 0 Å². The molecule has 1 aromatic carbocycles. The molecular weight excluding hydrogens is 336 g/mol. The molecule has 0 saturated carbocycles. The molecule has 1 amide bonds. The van der Waals surface area contributed by atoms with Crippen LogP contribution in [0.5, 0.6) is 0 Å². The van der Waals surface area contributed by atoms with Gasteiger partial charge in [-0.15, -0.1) is 0 Å². The fourth-order valence-electron chi connectivity index (χ4n) is 2.94. The van der Waals surface area contributed by atoms with Crippen LogP contribution in [0.15, 0.2) is 24.3 Å². The van der Waals surface area contributed by atoms with Crippen molar-refractivity contribution in [3.8, 4) is 0 Å². The zero-order valence-electron chi connectivity index (χ0n) is 12.9. The lowest BCUT2D eigenvalue weighted by molar-refractivity contribution is -0.147. The van der Waals surface area contributed by atoms with Gasteiger partial charge >= 0.3 is 5.97 Å². The molecule has 1 aromatic rings. The second kappa shape index (κ2) is 6.40. The lowest BCUT2D eigenvalue weighted by Gasteiger charge is -2.33. The van der Waals surface area contributed by atoms with E-state index < -0.39 is 27.9 Å². The summed E-state index contributed by atoms with van der Waals surface area (Å²) in [6.45, 7) is 0.786. The number of amides is 1. The third-order valence-electron chi connectivity index (χ3n) is 4.15. The van der Waals surface area contributed by atoms with Crippen molar-refractivity contribution in [1.82, 2.24) is 4.90 Å². The highest BCUT2D eigenvalue weighted by atomic mass is 32.2. The van der Waals surface area contributed by atoms with Crippen LogP contribution >= 0.6 is 0 Å². The molecule has 0 radical (unpaired) electrons. The molecule has 0 bridgehead atoms. The van der Waals surface area contributed by atoms with Gasteiger partial charge in [0, 0.05) is 18.7 Å². The molecule has 1 atom stereocenters. The number of nitrogens with zero attached hydrogens (tertiary/aromatic N) is 2. The number of hydrogen-bond acceptors (Lipinski definition) is 5. The Morgan fingerprint density at radius 3 is 2.71 bits per heavy atom. The average Bonchev–Trinajstić information content (AvgIpc) is 2.93. The molecule has 9 heteroatoms. The second-order valence-electron chi connectivity index (χ2n) is 5.72. The summed E-state index contributed by atoms with van der Waals surface area (Å²) in [4.78, 5) is 25.2. The van der Waals surface area contributed by atoms with Gasteiger partial charge in [-0.25, -0.2) is 13.2 Å². The SMILES string of the molecule is O=C(O)C1COCCN1C(=O)c1cccc(N2CCCS2(=O)=O)c1. The first-order valence-electron chi connectivity index (χ1n) is 7.62. The largest absolute Gasteiger partial charge is 0.480 e. The molecule has 1 unspecified atom stereocenters. The predicted molar refractivity (Wildman–Crippen MR) is 85.5 cm³/mol. The zero-order chi connectivity index (χ0) is 17.3. The van der Waals surface area contributed by atoms with Gasteiger partial charge in [-0.05, 0) is 24.6 Å². The monoisotopic (exact) mass is 354 g/mol. The number of carboxylic acids is 1. The van der Waals surface area contributed by atoms with Crippen molar-refractivity contribution in [2.24, 2.45) is 0 Å². The highest BCUT2D eigenvalue weighted by molar-refractivity contribution is 7.93. The number of anilines is 1. The maximum atomic E-state index is 12.7. The number of aliphatic carboxylic acids is 1. The van der Waals surface area contributed by atoms with E-state index in [1.165, 1.54) is 15.3 Å². The van der Waals surface area contributed by atoms with E-state index in [0.29, 0.717) is 18.7 Å².